The number of hydrogen-bond acceptors (Lipinski definition) is 4. The van der Waals surface area contributed by atoms with E-state index in [2.05, 4.69) is 0 Å². The lowest BCUT2D eigenvalue weighted by atomic mass is 9.93. The Bertz CT molecular complexity index is 1070. The van der Waals surface area contributed by atoms with Crippen molar-refractivity contribution in [1.29, 1.82) is 0 Å². The van der Waals surface area contributed by atoms with Crippen molar-refractivity contribution < 1.29 is 27.8 Å². The van der Waals surface area contributed by atoms with Crippen molar-refractivity contribution in [2.75, 3.05) is 32.8 Å². The van der Waals surface area contributed by atoms with Crippen LogP contribution in [-0.4, -0.2) is 54.5 Å². The van der Waals surface area contributed by atoms with Crippen molar-refractivity contribution in [1.82, 2.24) is 9.80 Å². The van der Waals surface area contributed by atoms with E-state index in [-0.39, 0.29) is 23.4 Å². The van der Waals surface area contributed by atoms with Crippen LogP contribution in [0.3, 0.4) is 0 Å². The Morgan fingerprint density at radius 2 is 1.64 bits per heavy atom. The zero-order valence-corrected chi connectivity index (χ0v) is 18.3. The summed E-state index contributed by atoms with van der Waals surface area (Å²) in [5, 5.41) is 0. The molecular formula is C25H26F2N2O4. The number of ether oxygens (including phenoxy) is 2. The molecule has 5 rings (SSSR count). The lowest BCUT2D eigenvalue weighted by Crippen LogP contribution is -2.44. The first-order valence-corrected chi connectivity index (χ1v) is 11.5. The molecule has 2 amide bonds. The van der Waals surface area contributed by atoms with Crippen LogP contribution in [0.4, 0.5) is 8.78 Å². The molecule has 0 radical (unpaired) electrons. The molecule has 0 aliphatic carbocycles. The monoisotopic (exact) mass is 456 g/mol. The number of benzene rings is 2. The largest absolute Gasteiger partial charge is 0.486 e. The number of fused-ring (bicyclic) bond motifs is 1. The van der Waals surface area contributed by atoms with Crippen LogP contribution in [0, 0.1) is 17.6 Å². The van der Waals surface area contributed by atoms with Gasteiger partial charge < -0.3 is 19.3 Å². The number of hydrogen-bond donors (Lipinski definition) is 0. The van der Waals surface area contributed by atoms with Crippen LogP contribution in [0.5, 0.6) is 11.5 Å². The lowest BCUT2D eigenvalue weighted by Gasteiger charge is -2.35. The van der Waals surface area contributed by atoms with E-state index < -0.39 is 17.5 Å². The summed E-state index contributed by atoms with van der Waals surface area (Å²) in [5.74, 6) is -0.663. The number of halogens is 2. The Labute approximate surface area is 191 Å². The third-order valence-electron chi connectivity index (χ3n) is 6.78. The summed E-state index contributed by atoms with van der Waals surface area (Å²) in [5.41, 5.74) is 0.906. The quantitative estimate of drug-likeness (QED) is 0.702. The molecule has 8 heteroatoms. The number of carbonyl (C=O) groups excluding carboxylic acids is 2. The second-order valence-corrected chi connectivity index (χ2v) is 8.78. The maximum absolute atomic E-state index is 14.0. The Kier molecular flexibility index (Phi) is 5.91. The second kappa shape index (κ2) is 9.00. The predicted octanol–water partition coefficient (Wildman–Crippen LogP) is 3.95. The highest BCUT2D eigenvalue weighted by Gasteiger charge is 2.36. The number of amides is 2. The van der Waals surface area contributed by atoms with Crippen molar-refractivity contribution >= 4 is 11.8 Å². The first-order chi connectivity index (χ1) is 16.0. The van der Waals surface area contributed by atoms with Crippen molar-refractivity contribution in [3.63, 3.8) is 0 Å². The molecule has 0 N–H and O–H groups in total. The highest BCUT2D eigenvalue weighted by Crippen LogP contribution is 2.39. The van der Waals surface area contributed by atoms with Crippen LogP contribution >= 0.6 is 0 Å². The van der Waals surface area contributed by atoms with Gasteiger partial charge in [-0.3, -0.25) is 9.59 Å². The maximum atomic E-state index is 14.0. The van der Waals surface area contributed by atoms with Crippen molar-refractivity contribution in [2.45, 2.75) is 31.7 Å². The molecule has 1 unspecified atom stereocenters. The van der Waals surface area contributed by atoms with Gasteiger partial charge in [-0.2, -0.15) is 0 Å². The molecule has 33 heavy (non-hydrogen) atoms. The smallest absolute Gasteiger partial charge is 0.256 e. The summed E-state index contributed by atoms with van der Waals surface area (Å²) in [6, 6.07) is 8.86. The average Bonchev–Trinajstić information content (AvgIpc) is 3.33. The molecule has 0 saturated carbocycles. The summed E-state index contributed by atoms with van der Waals surface area (Å²) in [6.45, 7) is 2.50. The van der Waals surface area contributed by atoms with Crippen LogP contribution in [-0.2, 0) is 4.79 Å². The molecule has 2 fully saturated rings. The summed E-state index contributed by atoms with van der Waals surface area (Å²) in [7, 11) is 0. The zero-order chi connectivity index (χ0) is 22.9. The van der Waals surface area contributed by atoms with Gasteiger partial charge in [-0.05, 0) is 55.5 Å². The highest BCUT2D eigenvalue weighted by molar-refractivity contribution is 5.94. The normalized spacial score (nSPS) is 20.7. The fourth-order valence-electron chi connectivity index (χ4n) is 5.04. The molecule has 174 valence electrons. The first kappa shape index (κ1) is 21.7. The van der Waals surface area contributed by atoms with Crippen LogP contribution < -0.4 is 9.47 Å². The van der Waals surface area contributed by atoms with Gasteiger partial charge in [0.05, 0.1) is 11.6 Å². The summed E-state index contributed by atoms with van der Waals surface area (Å²) in [6.07, 6.45) is 2.88. The summed E-state index contributed by atoms with van der Waals surface area (Å²) in [4.78, 5) is 29.5. The Balaban J connectivity index is 1.23. The van der Waals surface area contributed by atoms with E-state index in [1.54, 1.807) is 4.90 Å². The molecule has 1 atom stereocenters. The van der Waals surface area contributed by atoms with E-state index in [9.17, 15) is 18.4 Å². The van der Waals surface area contributed by atoms with Gasteiger partial charge in [0.15, 0.2) is 11.5 Å². The van der Waals surface area contributed by atoms with E-state index in [1.807, 2.05) is 23.1 Å². The van der Waals surface area contributed by atoms with Crippen molar-refractivity contribution in [3.05, 3.63) is 59.2 Å². The standard InChI is InChI=1S/C25H26F2N2O4/c26-18-4-5-19(20(27)15-18)25(31)28-10-7-16(8-11-28)24(30)29-9-1-2-21(29)17-3-6-22-23(14-17)33-13-12-32-22/h3-6,14-16,21H,1-2,7-13H2. The van der Waals surface area contributed by atoms with Gasteiger partial charge in [-0.1, -0.05) is 6.07 Å². The van der Waals surface area contributed by atoms with Crippen LogP contribution in [0.1, 0.15) is 47.6 Å². The molecule has 0 bridgehead atoms. The molecule has 2 aromatic carbocycles. The van der Waals surface area contributed by atoms with Gasteiger partial charge in [0.1, 0.15) is 24.8 Å². The fraction of sp³-hybridized carbons (Fsp3) is 0.440. The van der Waals surface area contributed by atoms with Crippen molar-refractivity contribution in [2.24, 2.45) is 5.92 Å². The molecule has 6 nitrogen and oxygen atoms in total. The molecule has 0 aromatic heterocycles. The summed E-state index contributed by atoms with van der Waals surface area (Å²) < 4.78 is 38.5. The molecule has 3 aliphatic heterocycles. The highest BCUT2D eigenvalue weighted by atomic mass is 19.1. The fourth-order valence-corrected chi connectivity index (χ4v) is 5.04. The van der Waals surface area contributed by atoms with Crippen LogP contribution in [0.25, 0.3) is 0 Å². The minimum atomic E-state index is -0.863. The third-order valence-corrected chi connectivity index (χ3v) is 6.78. The van der Waals surface area contributed by atoms with E-state index in [1.165, 1.54) is 6.07 Å². The molecule has 2 aromatic rings. The lowest BCUT2D eigenvalue weighted by molar-refractivity contribution is -0.137. The number of carbonyl (C=O) groups is 2. The Morgan fingerprint density at radius 3 is 2.39 bits per heavy atom. The van der Waals surface area contributed by atoms with E-state index in [4.69, 9.17) is 9.47 Å². The molecular weight excluding hydrogens is 430 g/mol. The predicted molar refractivity (Wildman–Crippen MR) is 116 cm³/mol. The van der Waals surface area contributed by atoms with Gasteiger partial charge in [0.2, 0.25) is 5.91 Å². The Morgan fingerprint density at radius 1 is 0.879 bits per heavy atom. The van der Waals surface area contributed by atoms with Crippen molar-refractivity contribution in [3.8, 4) is 11.5 Å². The summed E-state index contributed by atoms with van der Waals surface area (Å²) >= 11 is 0. The first-order valence-electron chi connectivity index (χ1n) is 11.5. The van der Waals surface area contributed by atoms with Gasteiger partial charge in [-0.15, -0.1) is 0 Å². The topological polar surface area (TPSA) is 59.1 Å². The maximum Gasteiger partial charge on any atom is 0.256 e. The number of nitrogens with zero attached hydrogens (tertiary/aromatic N) is 2. The average molecular weight is 456 g/mol. The van der Waals surface area contributed by atoms with Gasteiger partial charge >= 0.3 is 0 Å². The zero-order valence-electron chi connectivity index (χ0n) is 18.3. The number of likely N-dealkylation sites (tertiary alicyclic amines) is 2. The van der Waals surface area contributed by atoms with E-state index >= 15 is 0 Å². The second-order valence-electron chi connectivity index (χ2n) is 8.78. The van der Waals surface area contributed by atoms with Gasteiger partial charge in [0.25, 0.3) is 5.91 Å². The number of piperidine rings is 1. The van der Waals surface area contributed by atoms with Crippen LogP contribution in [0.2, 0.25) is 0 Å². The minimum Gasteiger partial charge on any atom is -0.486 e. The SMILES string of the molecule is O=C(c1ccc(F)cc1F)N1CCC(C(=O)N2CCCC2c2ccc3c(c2)OCCO3)CC1. The number of rotatable bonds is 3. The van der Waals surface area contributed by atoms with Gasteiger partial charge in [-0.25, -0.2) is 8.78 Å². The van der Waals surface area contributed by atoms with Crippen LogP contribution in [0.15, 0.2) is 36.4 Å². The molecule has 3 aliphatic rings. The molecule has 3 heterocycles. The van der Waals surface area contributed by atoms with E-state index in [0.717, 1.165) is 42.0 Å². The third kappa shape index (κ3) is 4.26. The van der Waals surface area contributed by atoms with E-state index in [0.29, 0.717) is 45.7 Å². The molecule has 2 saturated heterocycles. The molecule has 0 spiro atoms. The minimum absolute atomic E-state index is 0.00120. The Hall–Kier alpha value is -3.16. The van der Waals surface area contributed by atoms with Gasteiger partial charge in [0, 0.05) is 31.6 Å².